The zero-order chi connectivity index (χ0) is 13.9. The summed E-state index contributed by atoms with van der Waals surface area (Å²) < 4.78 is 0. The summed E-state index contributed by atoms with van der Waals surface area (Å²) in [7, 11) is 0. The minimum absolute atomic E-state index is 0.191. The molecule has 1 aromatic rings. The van der Waals surface area contributed by atoms with Crippen LogP contribution in [-0.2, 0) is 11.2 Å². The van der Waals surface area contributed by atoms with Gasteiger partial charge in [-0.15, -0.1) is 0 Å². The Hall–Kier alpha value is -1.57. The van der Waals surface area contributed by atoms with Crippen LogP contribution >= 0.6 is 11.6 Å². The predicted octanol–water partition coefficient (Wildman–Crippen LogP) is 2.82. The molecule has 0 heterocycles. The molecule has 0 saturated heterocycles. The first kappa shape index (κ1) is 14.5. The lowest BCUT2D eigenvalue weighted by Crippen LogP contribution is -2.27. The second kappa shape index (κ2) is 5.85. The molecule has 0 aromatic heterocycles. The highest BCUT2D eigenvalue weighted by atomic mass is 35.5. The third kappa shape index (κ3) is 3.00. The van der Waals surface area contributed by atoms with E-state index in [2.05, 4.69) is 4.85 Å². The standard InChI is InChI=1S/C13H14ClNO3/c1-7-9(4-5-11(15-3)12(7)14)6-10(8(2)16)13(17)18/h4-5,8,10,16H,6H2,1-2H3,(H,17,18)/t8-,10?/m0/s1. The fraction of sp³-hybridized carbons (Fsp3) is 0.385. The van der Waals surface area contributed by atoms with E-state index in [1.165, 1.54) is 6.92 Å². The lowest BCUT2D eigenvalue weighted by atomic mass is 9.92. The highest BCUT2D eigenvalue weighted by Gasteiger charge is 2.24. The van der Waals surface area contributed by atoms with E-state index >= 15 is 0 Å². The quantitative estimate of drug-likeness (QED) is 0.825. The van der Waals surface area contributed by atoms with Crippen LogP contribution in [0.25, 0.3) is 4.85 Å². The van der Waals surface area contributed by atoms with E-state index in [0.717, 1.165) is 5.56 Å². The number of aliphatic hydroxyl groups is 1. The number of aliphatic carboxylic acids is 1. The Morgan fingerprint density at radius 3 is 2.61 bits per heavy atom. The average molecular weight is 268 g/mol. The summed E-state index contributed by atoms with van der Waals surface area (Å²) in [6.07, 6.45) is -0.752. The van der Waals surface area contributed by atoms with Crippen molar-refractivity contribution in [1.29, 1.82) is 0 Å². The van der Waals surface area contributed by atoms with Crippen LogP contribution in [0.5, 0.6) is 0 Å². The van der Waals surface area contributed by atoms with Gasteiger partial charge in [-0.05, 0) is 31.4 Å². The highest BCUT2D eigenvalue weighted by molar-refractivity contribution is 6.34. The molecule has 0 aliphatic rings. The molecule has 1 rings (SSSR count). The monoisotopic (exact) mass is 267 g/mol. The van der Waals surface area contributed by atoms with Gasteiger partial charge in [-0.1, -0.05) is 23.7 Å². The molecule has 1 unspecified atom stereocenters. The Morgan fingerprint density at radius 1 is 1.56 bits per heavy atom. The summed E-state index contributed by atoms with van der Waals surface area (Å²) in [5.41, 5.74) is 1.78. The lowest BCUT2D eigenvalue weighted by molar-refractivity contribution is -0.145. The molecule has 2 atom stereocenters. The maximum atomic E-state index is 11.0. The van der Waals surface area contributed by atoms with Crippen molar-refractivity contribution in [2.45, 2.75) is 26.4 Å². The van der Waals surface area contributed by atoms with E-state index in [4.69, 9.17) is 23.3 Å². The molecule has 0 aliphatic heterocycles. The van der Waals surface area contributed by atoms with Crippen molar-refractivity contribution in [3.05, 3.63) is 39.7 Å². The van der Waals surface area contributed by atoms with E-state index in [0.29, 0.717) is 16.3 Å². The van der Waals surface area contributed by atoms with Crippen LogP contribution in [0.15, 0.2) is 12.1 Å². The number of aliphatic hydroxyl groups excluding tert-OH is 1. The van der Waals surface area contributed by atoms with Gasteiger partial charge in [0.25, 0.3) is 0 Å². The van der Waals surface area contributed by atoms with Crippen molar-refractivity contribution >= 4 is 23.3 Å². The van der Waals surface area contributed by atoms with E-state index in [9.17, 15) is 9.90 Å². The van der Waals surface area contributed by atoms with Crippen LogP contribution in [0.4, 0.5) is 5.69 Å². The average Bonchev–Trinajstić information content (AvgIpc) is 2.30. The smallest absolute Gasteiger partial charge is 0.309 e. The van der Waals surface area contributed by atoms with Gasteiger partial charge in [0.05, 0.1) is 23.6 Å². The largest absolute Gasteiger partial charge is 0.481 e. The number of halogens is 1. The van der Waals surface area contributed by atoms with Crippen LogP contribution in [0.1, 0.15) is 18.1 Å². The molecule has 2 N–H and O–H groups in total. The van der Waals surface area contributed by atoms with Gasteiger partial charge in [-0.2, -0.15) is 0 Å². The van der Waals surface area contributed by atoms with Gasteiger partial charge in [0.15, 0.2) is 0 Å². The molecular weight excluding hydrogens is 254 g/mol. The van der Waals surface area contributed by atoms with Crippen LogP contribution in [-0.4, -0.2) is 22.3 Å². The van der Waals surface area contributed by atoms with Gasteiger partial charge in [0, 0.05) is 0 Å². The minimum Gasteiger partial charge on any atom is -0.481 e. The van der Waals surface area contributed by atoms with E-state index in [-0.39, 0.29) is 6.42 Å². The molecule has 0 aliphatic carbocycles. The number of rotatable bonds is 4. The molecule has 0 radical (unpaired) electrons. The van der Waals surface area contributed by atoms with Crippen molar-refractivity contribution in [2.24, 2.45) is 5.92 Å². The van der Waals surface area contributed by atoms with E-state index in [1.54, 1.807) is 19.1 Å². The van der Waals surface area contributed by atoms with Crippen LogP contribution < -0.4 is 0 Å². The second-order valence-electron chi connectivity index (χ2n) is 4.18. The first-order valence-corrected chi connectivity index (χ1v) is 5.82. The topological polar surface area (TPSA) is 61.9 Å². The molecule has 96 valence electrons. The Morgan fingerprint density at radius 2 is 2.17 bits per heavy atom. The number of hydrogen-bond acceptors (Lipinski definition) is 2. The SMILES string of the molecule is [C-]#[N+]c1ccc(CC(C(=O)O)[C@H](C)O)c(C)c1Cl. The van der Waals surface area contributed by atoms with Gasteiger partial charge >= 0.3 is 5.97 Å². The normalized spacial score (nSPS) is 13.7. The van der Waals surface area contributed by atoms with Gasteiger partial charge in [0.2, 0.25) is 5.69 Å². The highest BCUT2D eigenvalue weighted by Crippen LogP contribution is 2.31. The van der Waals surface area contributed by atoms with Crippen molar-refractivity contribution in [3.63, 3.8) is 0 Å². The minimum atomic E-state index is -1.05. The molecule has 0 bridgehead atoms. The number of carboxylic acids is 1. The first-order chi connectivity index (χ1) is 8.38. The fourth-order valence-corrected chi connectivity index (χ4v) is 1.95. The summed E-state index contributed by atoms with van der Waals surface area (Å²) in [6, 6.07) is 3.26. The number of carbonyl (C=O) groups is 1. The molecule has 0 saturated carbocycles. The molecule has 0 amide bonds. The van der Waals surface area contributed by atoms with Crippen molar-refractivity contribution in [1.82, 2.24) is 0 Å². The van der Waals surface area contributed by atoms with E-state index < -0.39 is 18.0 Å². The third-order valence-corrected chi connectivity index (χ3v) is 3.42. The molecule has 18 heavy (non-hydrogen) atoms. The number of carboxylic acid groups (broad SMARTS) is 1. The Balaban J connectivity index is 3.09. The van der Waals surface area contributed by atoms with Gasteiger partial charge in [-0.3, -0.25) is 4.79 Å². The van der Waals surface area contributed by atoms with Crippen LogP contribution in [0.3, 0.4) is 0 Å². The fourth-order valence-electron chi connectivity index (χ4n) is 1.72. The molecule has 1 aromatic carbocycles. The van der Waals surface area contributed by atoms with Crippen molar-refractivity contribution in [2.75, 3.05) is 0 Å². The molecular formula is C13H14ClNO3. The number of benzene rings is 1. The van der Waals surface area contributed by atoms with Gasteiger partial charge in [-0.25, -0.2) is 4.85 Å². The van der Waals surface area contributed by atoms with Crippen LogP contribution in [0.2, 0.25) is 5.02 Å². The zero-order valence-electron chi connectivity index (χ0n) is 10.1. The predicted molar refractivity (Wildman–Crippen MR) is 69.0 cm³/mol. The summed E-state index contributed by atoms with van der Waals surface area (Å²) in [5, 5.41) is 18.8. The maximum Gasteiger partial charge on any atom is 0.309 e. The third-order valence-electron chi connectivity index (χ3n) is 2.94. The summed E-state index contributed by atoms with van der Waals surface area (Å²) in [6.45, 7) is 10.1. The maximum absolute atomic E-state index is 11.0. The number of hydrogen-bond donors (Lipinski definition) is 2. The number of nitrogens with zero attached hydrogens (tertiary/aromatic N) is 1. The van der Waals surface area contributed by atoms with Gasteiger partial charge < -0.3 is 10.2 Å². The molecule has 5 heteroatoms. The van der Waals surface area contributed by atoms with Gasteiger partial charge in [0.1, 0.15) is 0 Å². The van der Waals surface area contributed by atoms with Crippen molar-refractivity contribution in [3.8, 4) is 0 Å². The van der Waals surface area contributed by atoms with E-state index in [1.807, 2.05) is 0 Å². The second-order valence-corrected chi connectivity index (χ2v) is 4.56. The Labute approximate surface area is 111 Å². The van der Waals surface area contributed by atoms with Crippen LogP contribution in [0, 0.1) is 19.4 Å². The zero-order valence-corrected chi connectivity index (χ0v) is 10.9. The molecule has 4 nitrogen and oxygen atoms in total. The molecule has 0 spiro atoms. The lowest BCUT2D eigenvalue weighted by Gasteiger charge is -2.17. The summed E-state index contributed by atoms with van der Waals surface area (Å²) in [5.74, 6) is -1.92. The summed E-state index contributed by atoms with van der Waals surface area (Å²) in [4.78, 5) is 14.3. The summed E-state index contributed by atoms with van der Waals surface area (Å²) >= 11 is 6.02. The first-order valence-electron chi connectivity index (χ1n) is 5.44. The Bertz CT molecular complexity index is 506. The van der Waals surface area contributed by atoms with Crippen molar-refractivity contribution < 1.29 is 15.0 Å². The molecule has 0 fully saturated rings. The Kier molecular flexibility index (Phi) is 4.71.